The molecule has 0 aromatic heterocycles. The van der Waals surface area contributed by atoms with Gasteiger partial charge in [-0.2, -0.15) is 0 Å². The Kier molecular flexibility index (Phi) is 16.6. The second-order valence-electron chi connectivity index (χ2n) is 19.5. The molecule has 0 spiro atoms. The number of hydrogen-bond acceptors (Lipinski definition) is 16. The molecule has 0 radical (unpaired) electrons. The van der Waals surface area contributed by atoms with Gasteiger partial charge in [-0.15, -0.1) is 6.58 Å². The summed E-state index contributed by atoms with van der Waals surface area (Å²) in [6, 6.07) is 19.7. The summed E-state index contributed by atoms with van der Waals surface area (Å²) in [7, 11) is 3.01. The largest absolute Gasteiger partial charge is 0.497 e. The first-order valence-electron chi connectivity index (χ1n) is 24.8. The van der Waals surface area contributed by atoms with E-state index in [1.165, 1.54) is 43.4 Å². The van der Waals surface area contributed by atoms with Crippen LogP contribution in [-0.4, -0.2) is 96.2 Å². The van der Waals surface area contributed by atoms with Gasteiger partial charge in [-0.25, -0.2) is 9.59 Å². The van der Waals surface area contributed by atoms with Crippen molar-refractivity contribution in [2.24, 2.45) is 22.9 Å². The van der Waals surface area contributed by atoms with E-state index in [4.69, 9.17) is 47.9 Å². The van der Waals surface area contributed by atoms with Crippen molar-refractivity contribution in [1.82, 2.24) is 4.90 Å². The van der Waals surface area contributed by atoms with E-state index in [9.17, 15) is 25.1 Å². The summed E-state index contributed by atoms with van der Waals surface area (Å²) in [6.07, 6.45) is 6.11. The second kappa shape index (κ2) is 23.2. The molecule has 2 heterocycles. The quantitative estimate of drug-likeness (QED) is 0.0305. The molecular weight excluding hydrogens is 957 g/mol. The van der Waals surface area contributed by atoms with E-state index in [1.54, 1.807) is 54.6 Å². The topological polar surface area (TPSA) is 228 Å². The smallest absolute Gasteiger partial charge is 0.417 e. The molecular formula is C55H64N4O15. The van der Waals surface area contributed by atoms with Crippen molar-refractivity contribution in [2.45, 2.75) is 95.6 Å². The lowest BCUT2D eigenvalue weighted by Gasteiger charge is -2.59. The summed E-state index contributed by atoms with van der Waals surface area (Å²) in [5.74, 6) is -0.567. The minimum atomic E-state index is -1.71. The Labute approximate surface area is 429 Å². The van der Waals surface area contributed by atoms with Crippen molar-refractivity contribution in [3.05, 3.63) is 124 Å². The number of aliphatic hydroxyl groups is 2. The van der Waals surface area contributed by atoms with Crippen LogP contribution in [0.2, 0.25) is 0 Å². The van der Waals surface area contributed by atoms with Gasteiger partial charge in [0.25, 0.3) is 5.69 Å². The summed E-state index contributed by atoms with van der Waals surface area (Å²) in [4.78, 5) is 47.9. The van der Waals surface area contributed by atoms with Gasteiger partial charge in [0.1, 0.15) is 40.4 Å². The SMILES string of the molecule is C=CCOC12Oc3ccc(OC(=O)Nc4ccc(OC)cc4OC)cc3C3C(CCCCO)C(CCCCO)C=C(C(=NOC(C)(C)C)CC1N(Cc1ccc4c(c1)OCO4)C(=O)Oc1ccc([N+](=O)[O-])cc1)C32. The number of carbonyl (C=O) groups excluding carboxylic acids is 2. The van der Waals surface area contributed by atoms with Crippen LogP contribution in [0.15, 0.2) is 108 Å². The number of amides is 2. The number of ether oxygens (including phenoxy) is 8. The number of rotatable bonds is 21. The van der Waals surface area contributed by atoms with Gasteiger partial charge in [0.2, 0.25) is 12.6 Å². The Bertz CT molecular complexity index is 2740. The molecule has 19 nitrogen and oxygen atoms in total. The number of anilines is 1. The van der Waals surface area contributed by atoms with Gasteiger partial charge in [0.05, 0.1) is 43.1 Å². The number of nitro benzene ring substituents is 1. The van der Waals surface area contributed by atoms with Gasteiger partial charge in [0, 0.05) is 55.9 Å². The van der Waals surface area contributed by atoms with Crippen molar-refractivity contribution in [3.63, 3.8) is 0 Å². The van der Waals surface area contributed by atoms with Crippen LogP contribution < -0.4 is 38.5 Å². The maximum Gasteiger partial charge on any atom is 0.417 e. The van der Waals surface area contributed by atoms with Crippen LogP contribution in [-0.2, 0) is 16.1 Å². The first-order valence-corrected chi connectivity index (χ1v) is 24.8. The van der Waals surface area contributed by atoms with Crippen LogP contribution >= 0.6 is 0 Å². The van der Waals surface area contributed by atoms with E-state index in [-0.39, 0.29) is 68.6 Å². The third-order valence-electron chi connectivity index (χ3n) is 13.6. The molecule has 2 aliphatic carbocycles. The third kappa shape index (κ3) is 11.7. The fourth-order valence-electron chi connectivity index (χ4n) is 10.4. The molecule has 4 aliphatic rings. The van der Waals surface area contributed by atoms with Crippen molar-refractivity contribution >= 4 is 29.3 Å². The Hall–Kier alpha value is -7.35. The van der Waals surface area contributed by atoms with Gasteiger partial charge in [-0.3, -0.25) is 20.3 Å². The van der Waals surface area contributed by atoms with Crippen LogP contribution in [0.5, 0.6) is 40.2 Å². The Morgan fingerprint density at radius 1 is 0.892 bits per heavy atom. The van der Waals surface area contributed by atoms with Crippen molar-refractivity contribution in [1.29, 1.82) is 0 Å². The molecule has 2 amide bonds. The molecule has 0 bridgehead atoms. The fraction of sp³-hybridized carbons (Fsp3) is 0.436. The number of hydrogen-bond donors (Lipinski definition) is 3. The molecule has 2 aliphatic heterocycles. The average molecular weight is 1020 g/mol. The van der Waals surface area contributed by atoms with Crippen molar-refractivity contribution < 1.29 is 67.5 Å². The van der Waals surface area contributed by atoms with Gasteiger partial charge in [-0.05, 0) is 124 Å². The lowest BCUT2D eigenvalue weighted by atomic mass is 9.55. The number of aliphatic hydroxyl groups excluding tert-OH is 2. The number of benzene rings is 4. The normalized spacial score (nSPS) is 21.7. The monoisotopic (exact) mass is 1020 g/mol. The zero-order valence-corrected chi connectivity index (χ0v) is 42.3. The average Bonchev–Trinajstić information content (AvgIpc) is 3.90. The first-order chi connectivity index (χ1) is 35.7. The molecule has 4 aromatic rings. The number of oxime groups is 1. The zero-order chi connectivity index (χ0) is 52.6. The molecule has 0 saturated heterocycles. The van der Waals surface area contributed by atoms with Crippen LogP contribution in [0.4, 0.5) is 21.0 Å². The van der Waals surface area contributed by atoms with Crippen LogP contribution in [0, 0.1) is 27.9 Å². The summed E-state index contributed by atoms with van der Waals surface area (Å²) in [5, 5.41) is 39.4. The lowest BCUT2D eigenvalue weighted by Crippen LogP contribution is -2.70. The number of nitro groups is 1. The van der Waals surface area contributed by atoms with Crippen LogP contribution in [0.1, 0.15) is 82.8 Å². The molecule has 6 atom stereocenters. The Morgan fingerprint density at radius 2 is 1.61 bits per heavy atom. The number of nitrogens with zero attached hydrogens (tertiary/aromatic N) is 3. The minimum Gasteiger partial charge on any atom is -0.497 e. The number of nitrogens with one attached hydrogen (secondary N) is 1. The molecule has 4 aromatic carbocycles. The zero-order valence-electron chi connectivity index (χ0n) is 42.3. The fourth-order valence-corrected chi connectivity index (χ4v) is 10.4. The molecule has 3 N–H and O–H groups in total. The third-order valence-corrected chi connectivity index (χ3v) is 13.6. The second-order valence-corrected chi connectivity index (χ2v) is 19.5. The Balaban J connectivity index is 1.31. The van der Waals surface area contributed by atoms with Crippen molar-refractivity contribution in [3.8, 4) is 40.2 Å². The number of methoxy groups -OCH3 is 2. The summed E-state index contributed by atoms with van der Waals surface area (Å²) in [5.41, 5.74) is 2.10. The molecule has 8 rings (SSSR count). The van der Waals surface area contributed by atoms with E-state index in [0.29, 0.717) is 89.8 Å². The van der Waals surface area contributed by atoms with E-state index in [0.717, 1.165) is 5.57 Å². The van der Waals surface area contributed by atoms with Gasteiger partial charge in [0.15, 0.2) is 11.5 Å². The Morgan fingerprint density at radius 3 is 2.31 bits per heavy atom. The highest BCUT2D eigenvalue weighted by Crippen LogP contribution is 2.62. The van der Waals surface area contributed by atoms with E-state index in [1.807, 2.05) is 26.8 Å². The summed E-state index contributed by atoms with van der Waals surface area (Å²) in [6.45, 7) is 9.63. The first kappa shape index (κ1) is 53.0. The molecule has 1 fully saturated rings. The van der Waals surface area contributed by atoms with E-state index < -0.39 is 46.4 Å². The number of allylic oxidation sites excluding steroid dienone is 1. The standard InChI is InChI=1S/C55H64N4O15/c1-7-26-70-55-49(58(32-34-14-22-46-48(27-34)69-33-68-46)53(63)72-37-17-15-36(16-18-37)59(64)65)31-44(57-74-54(2,3)4)41-28-35(12-8-10-24-60)40(13-9-11-25-61)50(51(41)55)42-29-39(20-23-45(42)73-55)71-52(62)56-43-21-19-38(66-5)30-47(43)67-6/h7,14-23,27-30,35,40,49-51,60-61H,1,8-13,24-26,31-33H2,2-6H3,(H,56,62). The van der Waals surface area contributed by atoms with E-state index in [2.05, 4.69) is 18.0 Å². The van der Waals surface area contributed by atoms with Crippen molar-refractivity contribution in [2.75, 3.05) is 46.1 Å². The van der Waals surface area contributed by atoms with Crippen LogP contribution in [0.3, 0.4) is 0 Å². The van der Waals surface area contributed by atoms with Crippen LogP contribution in [0.25, 0.3) is 0 Å². The predicted molar refractivity (Wildman–Crippen MR) is 272 cm³/mol. The molecule has 19 heteroatoms. The highest BCUT2D eigenvalue weighted by atomic mass is 16.7. The maximum atomic E-state index is 15.2. The van der Waals surface area contributed by atoms with Gasteiger partial charge in [-0.1, -0.05) is 36.2 Å². The highest BCUT2D eigenvalue weighted by molar-refractivity contribution is 6.03. The highest BCUT2D eigenvalue weighted by Gasteiger charge is 2.66. The summed E-state index contributed by atoms with van der Waals surface area (Å²) >= 11 is 0. The number of fused-ring (bicyclic) bond motifs is 3. The molecule has 394 valence electrons. The molecule has 74 heavy (non-hydrogen) atoms. The van der Waals surface area contributed by atoms with Gasteiger partial charge < -0.3 is 52.9 Å². The predicted octanol–water partition coefficient (Wildman–Crippen LogP) is 10.1. The number of unbranched alkanes of at least 4 members (excludes halogenated alkanes) is 2. The number of non-ortho nitro benzene ring substituents is 1. The minimum absolute atomic E-state index is 0.00996. The lowest BCUT2D eigenvalue weighted by molar-refractivity contribution is -0.384. The molecule has 1 saturated carbocycles. The number of carbonyl (C=O) groups is 2. The molecule has 6 unspecified atom stereocenters. The van der Waals surface area contributed by atoms with Gasteiger partial charge >= 0.3 is 12.2 Å². The maximum absolute atomic E-state index is 15.2. The van der Waals surface area contributed by atoms with E-state index >= 15 is 4.79 Å². The summed E-state index contributed by atoms with van der Waals surface area (Å²) < 4.78 is 48.9.